The van der Waals surface area contributed by atoms with Crippen LogP contribution in [0.5, 0.6) is 0 Å². The van der Waals surface area contributed by atoms with E-state index in [1.54, 1.807) is 18.3 Å². The molecule has 0 fully saturated rings. The van der Waals surface area contributed by atoms with E-state index in [0.29, 0.717) is 16.4 Å². The molecule has 4 heteroatoms. The van der Waals surface area contributed by atoms with Gasteiger partial charge in [-0.1, -0.05) is 17.5 Å². The average Bonchev–Trinajstić information content (AvgIpc) is 2.32. The molecule has 0 saturated carbocycles. The Hall–Kier alpha value is -2.05. The lowest BCUT2D eigenvalue weighted by molar-refractivity contribution is 0.624. The van der Waals surface area contributed by atoms with Crippen LogP contribution < -0.4 is 5.73 Å². The highest BCUT2D eigenvalue weighted by molar-refractivity contribution is 6.30. The van der Waals surface area contributed by atoms with Crippen LogP contribution >= 0.6 is 11.6 Å². The molecule has 0 spiro atoms. The smallest absolute Gasteiger partial charge is 0.138 e. The van der Waals surface area contributed by atoms with Gasteiger partial charge in [-0.25, -0.2) is 9.37 Å². The fraction of sp³-hybridized carbons (Fsp3) is 0. The van der Waals surface area contributed by atoms with Crippen LogP contribution in [0.25, 0.3) is 0 Å². The van der Waals surface area contributed by atoms with Gasteiger partial charge in [0, 0.05) is 11.2 Å². The summed E-state index contributed by atoms with van der Waals surface area (Å²) in [5.74, 6) is 4.95. The van der Waals surface area contributed by atoms with Gasteiger partial charge in [0.1, 0.15) is 11.5 Å². The first-order chi connectivity index (χ1) is 8.16. The Morgan fingerprint density at radius 2 is 2.06 bits per heavy atom. The fourth-order valence-electron chi connectivity index (χ4n) is 1.24. The Bertz CT molecular complexity index is 614. The van der Waals surface area contributed by atoms with Crippen LogP contribution in [0.1, 0.15) is 11.3 Å². The second-order valence-electron chi connectivity index (χ2n) is 3.32. The molecule has 84 valence electrons. The quantitative estimate of drug-likeness (QED) is 0.726. The van der Waals surface area contributed by atoms with Crippen molar-refractivity contribution >= 4 is 17.3 Å². The molecule has 17 heavy (non-hydrogen) atoms. The Kier molecular flexibility index (Phi) is 3.27. The van der Waals surface area contributed by atoms with Crippen LogP contribution in [0, 0.1) is 17.7 Å². The van der Waals surface area contributed by atoms with Crippen LogP contribution in [-0.2, 0) is 0 Å². The molecule has 0 amide bonds. The number of rotatable bonds is 0. The first kappa shape index (κ1) is 11.4. The fourth-order valence-corrected chi connectivity index (χ4v) is 1.41. The number of nitrogens with zero attached hydrogens (tertiary/aromatic N) is 1. The minimum atomic E-state index is -0.420. The number of benzene rings is 1. The number of nitrogens with two attached hydrogens (primary N) is 1. The maximum atomic E-state index is 13.4. The number of halogens is 2. The molecule has 2 aromatic rings. The highest BCUT2D eigenvalue weighted by Crippen LogP contribution is 2.14. The van der Waals surface area contributed by atoms with Crippen molar-refractivity contribution in [1.29, 1.82) is 0 Å². The van der Waals surface area contributed by atoms with Gasteiger partial charge < -0.3 is 5.73 Å². The zero-order valence-corrected chi connectivity index (χ0v) is 9.50. The molecule has 1 heterocycles. The van der Waals surface area contributed by atoms with Crippen molar-refractivity contribution in [3.63, 3.8) is 0 Å². The molecule has 0 bridgehead atoms. The highest BCUT2D eigenvalue weighted by atomic mass is 35.5. The lowest BCUT2D eigenvalue weighted by atomic mass is 10.2. The topological polar surface area (TPSA) is 38.9 Å². The maximum Gasteiger partial charge on any atom is 0.138 e. The van der Waals surface area contributed by atoms with Gasteiger partial charge in [-0.2, -0.15) is 0 Å². The standard InChI is InChI=1S/C13H8ClFN2/c14-10-4-5-11(15)9(8-10)3-6-13-12(16)2-1-7-17-13/h1-2,4-5,7-8H,16H2. The van der Waals surface area contributed by atoms with Crippen molar-refractivity contribution in [1.82, 2.24) is 4.98 Å². The van der Waals surface area contributed by atoms with Gasteiger partial charge in [0.25, 0.3) is 0 Å². The summed E-state index contributed by atoms with van der Waals surface area (Å²) in [4.78, 5) is 3.99. The molecular formula is C13H8ClFN2. The lowest BCUT2D eigenvalue weighted by Crippen LogP contribution is -1.92. The van der Waals surface area contributed by atoms with Crippen LogP contribution in [0.3, 0.4) is 0 Å². The molecule has 0 aliphatic heterocycles. The second kappa shape index (κ2) is 4.86. The molecule has 1 aromatic carbocycles. The van der Waals surface area contributed by atoms with Crippen molar-refractivity contribution in [2.24, 2.45) is 0 Å². The summed E-state index contributed by atoms with van der Waals surface area (Å²) in [7, 11) is 0. The van der Waals surface area contributed by atoms with Gasteiger partial charge in [-0.3, -0.25) is 0 Å². The number of pyridine rings is 1. The molecule has 2 N–H and O–H groups in total. The van der Waals surface area contributed by atoms with Gasteiger partial charge in [-0.15, -0.1) is 0 Å². The summed E-state index contributed by atoms with van der Waals surface area (Å²) >= 11 is 5.76. The van der Waals surface area contributed by atoms with Crippen molar-refractivity contribution in [2.45, 2.75) is 0 Å². The summed E-state index contributed by atoms with van der Waals surface area (Å²) in [6, 6.07) is 7.60. The van der Waals surface area contributed by atoms with E-state index in [1.807, 2.05) is 0 Å². The van der Waals surface area contributed by atoms with Crippen molar-refractivity contribution in [2.75, 3.05) is 5.73 Å². The number of hydrogen-bond acceptors (Lipinski definition) is 2. The molecule has 0 atom stereocenters. The number of hydrogen-bond donors (Lipinski definition) is 1. The van der Waals surface area contributed by atoms with E-state index in [-0.39, 0.29) is 5.56 Å². The molecule has 0 saturated heterocycles. The predicted molar refractivity (Wildman–Crippen MR) is 66.0 cm³/mol. The van der Waals surface area contributed by atoms with E-state index in [0.717, 1.165) is 0 Å². The van der Waals surface area contributed by atoms with Crippen LogP contribution in [0.2, 0.25) is 5.02 Å². The summed E-state index contributed by atoms with van der Waals surface area (Å²) in [6.45, 7) is 0. The van der Waals surface area contributed by atoms with Crippen LogP contribution in [0.4, 0.5) is 10.1 Å². The molecule has 2 rings (SSSR count). The largest absolute Gasteiger partial charge is 0.396 e. The maximum absolute atomic E-state index is 13.4. The Labute approximate surface area is 103 Å². The van der Waals surface area contributed by atoms with E-state index in [2.05, 4.69) is 16.8 Å². The van der Waals surface area contributed by atoms with Crippen LogP contribution in [0.15, 0.2) is 36.5 Å². The summed E-state index contributed by atoms with van der Waals surface area (Å²) in [6.07, 6.45) is 1.58. The van der Waals surface area contributed by atoms with E-state index in [9.17, 15) is 4.39 Å². The molecule has 0 unspecified atom stereocenters. The Morgan fingerprint density at radius 3 is 2.82 bits per heavy atom. The monoisotopic (exact) mass is 246 g/mol. The summed E-state index contributed by atoms with van der Waals surface area (Å²) in [5.41, 5.74) is 6.78. The van der Waals surface area contributed by atoms with Crippen molar-refractivity contribution < 1.29 is 4.39 Å². The van der Waals surface area contributed by atoms with Crippen molar-refractivity contribution in [3.05, 3.63) is 58.6 Å². The molecule has 0 aliphatic rings. The molecule has 0 radical (unpaired) electrons. The zero-order chi connectivity index (χ0) is 12.3. The Balaban J connectivity index is 2.40. The Morgan fingerprint density at radius 1 is 1.24 bits per heavy atom. The van der Waals surface area contributed by atoms with E-state index < -0.39 is 5.82 Å². The summed E-state index contributed by atoms with van der Waals surface area (Å²) < 4.78 is 13.4. The minimum Gasteiger partial charge on any atom is -0.396 e. The normalized spacial score (nSPS) is 9.53. The van der Waals surface area contributed by atoms with Gasteiger partial charge in [0.15, 0.2) is 0 Å². The lowest BCUT2D eigenvalue weighted by Gasteiger charge is -1.96. The molecule has 0 aliphatic carbocycles. The summed E-state index contributed by atoms with van der Waals surface area (Å²) in [5, 5.41) is 0.435. The van der Waals surface area contributed by atoms with Gasteiger partial charge in [0.05, 0.1) is 11.3 Å². The molecule has 1 aromatic heterocycles. The van der Waals surface area contributed by atoms with E-state index >= 15 is 0 Å². The number of aromatic nitrogens is 1. The SMILES string of the molecule is Nc1cccnc1C#Cc1cc(Cl)ccc1F. The molecular weight excluding hydrogens is 239 g/mol. The zero-order valence-electron chi connectivity index (χ0n) is 8.74. The molecule has 2 nitrogen and oxygen atoms in total. The van der Waals surface area contributed by atoms with Gasteiger partial charge in [-0.05, 0) is 36.3 Å². The predicted octanol–water partition coefficient (Wildman–Crippen LogP) is 2.86. The van der Waals surface area contributed by atoms with E-state index in [4.69, 9.17) is 17.3 Å². The van der Waals surface area contributed by atoms with E-state index in [1.165, 1.54) is 18.2 Å². The van der Waals surface area contributed by atoms with Gasteiger partial charge >= 0.3 is 0 Å². The highest BCUT2D eigenvalue weighted by Gasteiger charge is 2.00. The van der Waals surface area contributed by atoms with Crippen LogP contribution in [-0.4, -0.2) is 4.98 Å². The second-order valence-corrected chi connectivity index (χ2v) is 3.75. The number of anilines is 1. The minimum absolute atomic E-state index is 0.225. The third kappa shape index (κ3) is 2.74. The third-order valence-corrected chi connectivity index (χ3v) is 2.32. The van der Waals surface area contributed by atoms with Gasteiger partial charge in [0.2, 0.25) is 0 Å². The average molecular weight is 247 g/mol. The van der Waals surface area contributed by atoms with Crippen molar-refractivity contribution in [3.8, 4) is 11.8 Å². The number of nitrogen functional groups attached to an aromatic ring is 1. The third-order valence-electron chi connectivity index (χ3n) is 2.08. The first-order valence-electron chi connectivity index (χ1n) is 4.84. The first-order valence-corrected chi connectivity index (χ1v) is 5.22.